The Kier molecular flexibility index (Phi) is 5.35. The highest BCUT2D eigenvalue weighted by atomic mass is 35.5. The van der Waals surface area contributed by atoms with Crippen molar-refractivity contribution in [1.29, 1.82) is 0 Å². The van der Waals surface area contributed by atoms with Crippen molar-refractivity contribution in [2.24, 2.45) is 0 Å². The first-order valence-electron chi connectivity index (χ1n) is 6.33. The van der Waals surface area contributed by atoms with E-state index in [0.29, 0.717) is 0 Å². The molecule has 9 heteroatoms. The lowest BCUT2D eigenvalue weighted by molar-refractivity contribution is -0.140. The van der Waals surface area contributed by atoms with Crippen molar-refractivity contribution in [3.8, 4) is 5.75 Å². The molecule has 1 aromatic rings. The third-order valence-corrected chi connectivity index (χ3v) is 3.64. The standard InChI is InChI=1S/C14H13Cl2NO6/c1-21-13(19)8-5-23-6-17(11(8)14(20)22-2)10-4-7(15)3-9(16)12(10)18/h3-4,18H,5-6H2,1-2H3. The Bertz CT molecular complexity index is 688. The van der Waals surface area contributed by atoms with Crippen LogP contribution >= 0.6 is 23.2 Å². The van der Waals surface area contributed by atoms with E-state index in [4.69, 9.17) is 32.7 Å². The molecule has 1 aliphatic heterocycles. The molecule has 0 atom stereocenters. The zero-order valence-corrected chi connectivity index (χ0v) is 13.8. The Morgan fingerprint density at radius 3 is 2.48 bits per heavy atom. The van der Waals surface area contributed by atoms with E-state index in [9.17, 15) is 14.7 Å². The van der Waals surface area contributed by atoms with Crippen LogP contribution in [0.25, 0.3) is 0 Å². The van der Waals surface area contributed by atoms with Gasteiger partial charge in [-0.3, -0.25) is 0 Å². The van der Waals surface area contributed by atoms with Crippen molar-refractivity contribution < 1.29 is 28.9 Å². The largest absolute Gasteiger partial charge is 0.504 e. The van der Waals surface area contributed by atoms with Crippen LogP contribution in [0.2, 0.25) is 10.0 Å². The third kappa shape index (κ3) is 3.36. The Labute approximate surface area is 141 Å². The van der Waals surface area contributed by atoms with E-state index in [1.54, 1.807) is 0 Å². The van der Waals surface area contributed by atoms with E-state index < -0.39 is 11.9 Å². The molecule has 0 amide bonds. The van der Waals surface area contributed by atoms with Gasteiger partial charge in [-0.25, -0.2) is 9.59 Å². The molecule has 0 spiro atoms. The molecule has 124 valence electrons. The van der Waals surface area contributed by atoms with Gasteiger partial charge in [0.2, 0.25) is 0 Å². The average molecular weight is 362 g/mol. The number of hydrogen-bond acceptors (Lipinski definition) is 7. The fraction of sp³-hybridized carbons (Fsp3) is 0.286. The molecule has 1 heterocycles. The van der Waals surface area contributed by atoms with Crippen LogP contribution in [0.15, 0.2) is 23.4 Å². The minimum atomic E-state index is -0.788. The van der Waals surface area contributed by atoms with Gasteiger partial charge in [0, 0.05) is 5.02 Å². The molecule has 1 aromatic carbocycles. The predicted molar refractivity (Wildman–Crippen MR) is 82.5 cm³/mol. The van der Waals surface area contributed by atoms with Gasteiger partial charge in [0.25, 0.3) is 0 Å². The molecular weight excluding hydrogens is 349 g/mol. The van der Waals surface area contributed by atoms with Crippen molar-refractivity contribution in [2.45, 2.75) is 0 Å². The molecule has 7 nitrogen and oxygen atoms in total. The van der Waals surface area contributed by atoms with Crippen LogP contribution in [-0.2, 0) is 23.8 Å². The number of methoxy groups -OCH3 is 2. The maximum atomic E-state index is 12.1. The molecule has 0 saturated carbocycles. The van der Waals surface area contributed by atoms with Gasteiger partial charge in [-0.05, 0) is 12.1 Å². The topological polar surface area (TPSA) is 85.3 Å². The van der Waals surface area contributed by atoms with Gasteiger partial charge in [0.05, 0.1) is 37.1 Å². The number of ether oxygens (including phenoxy) is 3. The van der Waals surface area contributed by atoms with Crippen LogP contribution in [0.1, 0.15) is 0 Å². The van der Waals surface area contributed by atoms with Crippen LogP contribution in [0, 0.1) is 0 Å². The molecule has 23 heavy (non-hydrogen) atoms. The van der Waals surface area contributed by atoms with Crippen LogP contribution in [0.4, 0.5) is 5.69 Å². The summed E-state index contributed by atoms with van der Waals surface area (Å²) in [5, 5.41) is 10.4. The quantitative estimate of drug-likeness (QED) is 0.824. The highest BCUT2D eigenvalue weighted by Gasteiger charge is 2.34. The molecule has 1 N–H and O–H groups in total. The second kappa shape index (κ2) is 7.08. The number of halogens is 2. The predicted octanol–water partition coefficient (Wildman–Crippen LogP) is 2.09. The number of rotatable bonds is 3. The number of carbonyl (C=O) groups excluding carboxylic acids is 2. The number of aromatic hydroxyl groups is 1. The van der Waals surface area contributed by atoms with E-state index in [2.05, 4.69) is 4.74 Å². The summed E-state index contributed by atoms with van der Waals surface area (Å²) < 4.78 is 14.7. The van der Waals surface area contributed by atoms with E-state index in [-0.39, 0.29) is 46.1 Å². The zero-order valence-electron chi connectivity index (χ0n) is 12.3. The van der Waals surface area contributed by atoms with Crippen LogP contribution in [0.5, 0.6) is 5.75 Å². The third-order valence-electron chi connectivity index (χ3n) is 3.13. The number of carbonyl (C=O) groups is 2. The number of phenols is 1. The monoisotopic (exact) mass is 361 g/mol. The number of nitrogens with zero attached hydrogens (tertiary/aromatic N) is 1. The summed E-state index contributed by atoms with van der Waals surface area (Å²) in [5.41, 5.74) is -0.0515. The Balaban J connectivity index is 2.65. The molecule has 0 aromatic heterocycles. The molecule has 1 aliphatic rings. The van der Waals surface area contributed by atoms with Crippen LogP contribution < -0.4 is 4.90 Å². The van der Waals surface area contributed by atoms with Gasteiger partial charge < -0.3 is 24.2 Å². The SMILES string of the molecule is COC(=O)C1=C(C(=O)OC)N(c2cc(Cl)cc(Cl)c2O)COC1. The summed E-state index contributed by atoms with van der Waals surface area (Å²) in [5.74, 6) is -1.85. The number of phenolic OH excluding ortho intramolecular Hbond substituents is 1. The van der Waals surface area contributed by atoms with Gasteiger partial charge in [0.1, 0.15) is 12.4 Å². The minimum Gasteiger partial charge on any atom is -0.504 e. The number of esters is 2. The number of hydrogen-bond donors (Lipinski definition) is 1. The van der Waals surface area contributed by atoms with Crippen molar-refractivity contribution in [3.05, 3.63) is 33.4 Å². The van der Waals surface area contributed by atoms with Crippen molar-refractivity contribution in [1.82, 2.24) is 0 Å². The van der Waals surface area contributed by atoms with Gasteiger partial charge >= 0.3 is 11.9 Å². The Morgan fingerprint density at radius 2 is 1.87 bits per heavy atom. The molecule has 0 fully saturated rings. The molecule has 0 radical (unpaired) electrons. The first-order chi connectivity index (χ1) is 10.9. The van der Waals surface area contributed by atoms with E-state index in [0.717, 1.165) is 0 Å². The van der Waals surface area contributed by atoms with E-state index in [1.807, 2.05) is 0 Å². The van der Waals surface area contributed by atoms with Gasteiger partial charge in [-0.2, -0.15) is 0 Å². The van der Waals surface area contributed by atoms with E-state index in [1.165, 1.54) is 31.3 Å². The minimum absolute atomic E-state index is 0.0121. The van der Waals surface area contributed by atoms with Crippen molar-refractivity contribution in [2.75, 3.05) is 32.5 Å². The highest BCUT2D eigenvalue weighted by molar-refractivity contribution is 6.36. The fourth-order valence-corrected chi connectivity index (χ4v) is 2.57. The van der Waals surface area contributed by atoms with Gasteiger partial charge in [-0.15, -0.1) is 0 Å². The maximum Gasteiger partial charge on any atom is 0.355 e. The zero-order chi connectivity index (χ0) is 17.1. The lowest BCUT2D eigenvalue weighted by atomic mass is 10.1. The normalized spacial score (nSPS) is 14.7. The summed E-state index contributed by atoms with van der Waals surface area (Å²) >= 11 is 11.8. The molecular formula is C14H13Cl2NO6. The summed E-state index contributed by atoms with van der Waals surface area (Å²) in [6, 6.07) is 2.73. The summed E-state index contributed by atoms with van der Waals surface area (Å²) in [6.45, 7) is -0.252. The molecule has 2 rings (SSSR count). The molecule has 0 unspecified atom stereocenters. The second-order valence-corrected chi connectivity index (χ2v) is 5.31. The Hall–Kier alpha value is -1.96. The lowest BCUT2D eigenvalue weighted by Crippen LogP contribution is -2.38. The van der Waals surface area contributed by atoms with Gasteiger partial charge in [0.15, 0.2) is 5.75 Å². The number of benzene rings is 1. The van der Waals surface area contributed by atoms with Gasteiger partial charge in [-0.1, -0.05) is 23.2 Å². The first-order valence-corrected chi connectivity index (χ1v) is 7.09. The molecule has 0 bridgehead atoms. The lowest BCUT2D eigenvalue weighted by Gasteiger charge is -2.31. The summed E-state index contributed by atoms with van der Waals surface area (Å²) in [7, 11) is 2.35. The van der Waals surface area contributed by atoms with Crippen molar-refractivity contribution >= 4 is 40.8 Å². The smallest absolute Gasteiger partial charge is 0.355 e. The summed E-state index contributed by atoms with van der Waals surface area (Å²) in [4.78, 5) is 25.3. The van der Waals surface area contributed by atoms with Crippen LogP contribution in [0.3, 0.4) is 0 Å². The average Bonchev–Trinajstić information content (AvgIpc) is 2.55. The Morgan fingerprint density at radius 1 is 1.22 bits per heavy atom. The maximum absolute atomic E-state index is 12.1. The summed E-state index contributed by atoms with van der Waals surface area (Å²) in [6.07, 6.45) is 0. The van der Waals surface area contributed by atoms with Crippen molar-refractivity contribution in [3.63, 3.8) is 0 Å². The molecule has 0 saturated heterocycles. The molecule has 0 aliphatic carbocycles. The first kappa shape index (κ1) is 17.4. The number of anilines is 1. The highest BCUT2D eigenvalue weighted by Crippen LogP contribution is 2.40. The van der Waals surface area contributed by atoms with Crippen LogP contribution in [-0.4, -0.2) is 44.6 Å². The van der Waals surface area contributed by atoms with E-state index >= 15 is 0 Å². The fourth-order valence-electron chi connectivity index (χ4n) is 2.09. The second-order valence-electron chi connectivity index (χ2n) is 4.47.